The van der Waals surface area contributed by atoms with Gasteiger partial charge in [-0.25, -0.2) is 4.99 Å². The second-order valence-electron chi connectivity index (χ2n) is 7.71. The lowest BCUT2D eigenvalue weighted by atomic mass is 10.1. The highest BCUT2D eigenvalue weighted by atomic mass is 79.9. The largest absolute Gasteiger partial charge is 0.497 e. The third-order valence-corrected chi connectivity index (χ3v) is 6.74. The van der Waals surface area contributed by atoms with Crippen LogP contribution in [-0.2, 0) is 11.4 Å². The third kappa shape index (κ3) is 5.72. The molecule has 3 aromatic carbocycles. The summed E-state index contributed by atoms with van der Waals surface area (Å²) in [6.45, 7) is 4.99. The zero-order chi connectivity index (χ0) is 24.1. The van der Waals surface area contributed by atoms with Crippen LogP contribution < -0.4 is 9.47 Å². The fourth-order valence-corrected chi connectivity index (χ4v) is 4.94. The number of benzene rings is 3. The number of thioether (sulfide) groups is 1. The molecule has 1 amide bonds. The van der Waals surface area contributed by atoms with E-state index in [1.54, 1.807) is 12.0 Å². The van der Waals surface area contributed by atoms with E-state index in [-0.39, 0.29) is 5.91 Å². The molecule has 1 heterocycles. The number of nitrogens with zero attached hydrogens (tertiary/aromatic N) is 2. The molecule has 0 aliphatic carbocycles. The van der Waals surface area contributed by atoms with Gasteiger partial charge in [-0.3, -0.25) is 9.69 Å². The quantitative estimate of drug-likeness (QED) is 0.306. The van der Waals surface area contributed by atoms with E-state index in [4.69, 9.17) is 14.5 Å². The van der Waals surface area contributed by atoms with Gasteiger partial charge in [0.05, 0.1) is 17.7 Å². The molecule has 0 saturated carbocycles. The number of amides is 1. The third-order valence-electron chi connectivity index (χ3n) is 5.24. The van der Waals surface area contributed by atoms with Crippen molar-refractivity contribution in [1.29, 1.82) is 0 Å². The van der Waals surface area contributed by atoms with Crippen molar-refractivity contribution in [2.75, 3.05) is 13.7 Å². The van der Waals surface area contributed by atoms with Crippen LogP contribution in [0.3, 0.4) is 0 Å². The smallest absolute Gasteiger partial charge is 0.266 e. The lowest BCUT2D eigenvalue weighted by Gasteiger charge is -2.12. The van der Waals surface area contributed by atoms with Crippen molar-refractivity contribution >= 4 is 50.5 Å². The first-order valence-electron chi connectivity index (χ1n) is 10.9. The van der Waals surface area contributed by atoms with Crippen LogP contribution in [0.2, 0.25) is 0 Å². The van der Waals surface area contributed by atoms with Crippen molar-refractivity contribution in [2.24, 2.45) is 4.99 Å². The maximum atomic E-state index is 13.1. The number of hydrogen-bond donors (Lipinski definition) is 0. The topological polar surface area (TPSA) is 51.1 Å². The van der Waals surface area contributed by atoms with Gasteiger partial charge in [-0.15, -0.1) is 0 Å². The number of aliphatic imine (C=N–C) groups is 1. The van der Waals surface area contributed by atoms with Crippen molar-refractivity contribution in [3.8, 4) is 11.5 Å². The van der Waals surface area contributed by atoms with Crippen LogP contribution in [0.25, 0.3) is 6.08 Å². The first kappa shape index (κ1) is 24.1. The standard InChI is InChI=1S/C27H25BrN2O3S/c1-4-30-26(31)25(34-27(30)29-22-9-11-23(32-3)12-10-22)16-20-15-21(28)8-13-24(20)33-17-19-7-5-6-18(2)14-19/h5-16H,4,17H2,1-3H3/b25-16+,29-27?. The van der Waals surface area contributed by atoms with Crippen molar-refractivity contribution in [3.05, 3.63) is 92.8 Å². The van der Waals surface area contributed by atoms with Gasteiger partial charge in [-0.1, -0.05) is 45.8 Å². The van der Waals surface area contributed by atoms with Gasteiger partial charge in [0.1, 0.15) is 18.1 Å². The molecule has 0 radical (unpaired) electrons. The van der Waals surface area contributed by atoms with E-state index in [0.29, 0.717) is 29.0 Å². The molecule has 0 atom stereocenters. The highest BCUT2D eigenvalue weighted by Gasteiger charge is 2.32. The van der Waals surface area contributed by atoms with E-state index in [2.05, 4.69) is 35.0 Å². The van der Waals surface area contributed by atoms with E-state index in [1.807, 2.05) is 67.6 Å². The second kappa shape index (κ2) is 10.9. The normalized spacial score (nSPS) is 15.9. The number of rotatable bonds is 7. The number of amidine groups is 1. The van der Waals surface area contributed by atoms with Crippen molar-refractivity contribution < 1.29 is 14.3 Å². The summed E-state index contributed by atoms with van der Waals surface area (Å²) in [6.07, 6.45) is 1.88. The van der Waals surface area contributed by atoms with Gasteiger partial charge in [0.2, 0.25) is 0 Å². The van der Waals surface area contributed by atoms with Gasteiger partial charge in [0, 0.05) is 16.6 Å². The maximum absolute atomic E-state index is 13.1. The molecule has 0 N–H and O–H groups in total. The summed E-state index contributed by atoms with van der Waals surface area (Å²) >= 11 is 4.91. The number of ether oxygens (including phenoxy) is 2. The fourth-order valence-electron chi connectivity index (χ4n) is 3.51. The van der Waals surface area contributed by atoms with Crippen molar-refractivity contribution in [3.63, 3.8) is 0 Å². The van der Waals surface area contributed by atoms with Gasteiger partial charge in [-0.2, -0.15) is 0 Å². The number of aryl methyl sites for hydroxylation is 1. The second-order valence-corrected chi connectivity index (χ2v) is 9.64. The Kier molecular flexibility index (Phi) is 7.75. The van der Waals surface area contributed by atoms with Crippen LogP contribution in [0.1, 0.15) is 23.6 Å². The Labute approximate surface area is 212 Å². The summed E-state index contributed by atoms with van der Waals surface area (Å²) in [7, 11) is 1.63. The van der Waals surface area contributed by atoms with Gasteiger partial charge >= 0.3 is 0 Å². The summed E-state index contributed by atoms with van der Waals surface area (Å²) in [4.78, 5) is 20.1. The molecule has 0 aromatic heterocycles. The minimum absolute atomic E-state index is 0.0654. The van der Waals surface area contributed by atoms with Gasteiger partial charge < -0.3 is 9.47 Å². The lowest BCUT2D eigenvalue weighted by molar-refractivity contribution is -0.122. The number of carbonyl (C=O) groups is 1. The Morgan fingerprint density at radius 2 is 1.88 bits per heavy atom. The Morgan fingerprint density at radius 1 is 1.09 bits per heavy atom. The number of methoxy groups -OCH3 is 1. The van der Waals surface area contributed by atoms with E-state index >= 15 is 0 Å². The summed E-state index contributed by atoms with van der Waals surface area (Å²) in [5.74, 6) is 1.42. The van der Waals surface area contributed by atoms with Gasteiger partial charge in [-0.05, 0) is 79.7 Å². The minimum Gasteiger partial charge on any atom is -0.497 e. The number of carbonyl (C=O) groups excluding carboxylic acids is 1. The summed E-state index contributed by atoms with van der Waals surface area (Å²) in [5.41, 5.74) is 3.88. The molecule has 0 unspecified atom stereocenters. The molecule has 0 spiro atoms. The zero-order valence-electron chi connectivity index (χ0n) is 19.2. The first-order chi connectivity index (χ1) is 16.5. The number of likely N-dealkylation sites (N-methyl/N-ethyl adjacent to an activating group) is 1. The Morgan fingerprint density at radius 3 is 2.59 bits per heavy atom. The number of hydrogen-bond acceptors (Lipinski definition) is 5. The predicted octanol–water partition coefficient (Wildman–Crippen LogP) is 6.97. The monoisotopic (exact) mass is 536 g/mol. The fraction of sp³-hybridized carbons (Fsp3) is 0.185. The SMILES string of the molecule is CCN1C(=O)/C(=C\c2cc(Br)ccc2OCc2cccc(C)c2)SC1=Nc1ccc(OC)cc1. The Balaban J connectivity index is 1.60. The van der Waals surface area contributed by atoms with Crippen LogP contribution in [0, 0.1) is 6.92 Å². The van der Waals surface area contributed by atoms with E-state index in [9.17, 15) is 4.79 Å². The highest BCUT2D eigenvalue weighted by Crippen LogP contribution is 2.36. The molecule has 1 saturated heterocycles. The molecule has 4 rings (SSSR count). The predicted molar refractivity (Wildman–Crippen MR) is 143 cm³/mol. The summed E-state index contributed by atoms with van der Waals surface area (Å²) in [5, 5.41) is 0.654. The highest BCUT2D eigenvalue weighted by molar-refractivity contribution is 9.10. The van der Waals surface area contributed by atoms with E-state index in [0.717, 1.165) is 27.0 Å². The van der Waals surface area contributed by atoms with Gasteiger partial charge in [0.15, 0.2) is 5.17 Å². The number of halogens is 1. The summed E-state index contributed by atoms with van der Waals surface area (Å²) < 4.78 is 12.3. The molecular formula is C27H25BrN2O3S. The Bertz CT molecular complexity index is 1250. The molecule has 1 aliphatic rings. The molecule has 34 heavy (non-hydrogen) atoms. The van der Waals surface area contributed by atoms with Crippen LogP contribution in [-0.4, -0.2) is 29.6 Å². The Hall–Kier alpha value is -3.03. The van der Waals surface area contributed by atoms with Crippen LogP contribution in [0.15, 0.2) is 81.1 Å². The van der Waals surface area contributed by atoms with Crippen molar-refractivity contribution in [2.45, 2.75) is 20.5 Å². The average molecular weight is 537 g/mol. The maximum Gasteiger partial charge on any atom is 0.266 e. The molecular weight excluding hydrogens is 512 g/mol. The van der Waals surface area contributed by atoms with Crippen LogP contribution in [0.5, 0.6) is 11.5 Å². The minimum atomic E-state index is -0.0654. The molecule has 174 valence electrons. The average Bonchev–Trinajstić information content (AvgIpc) is 3.12. The van der Waals surface area contributed by atoms with Crippen molar-refractivity contribution in [1.82, 2.24) is 4.90 Å². The molecule has 1 fully saturated rings. The van der Waals surface area contributed by atoms with Gasteiger partial charge in [0.25, 0.3) is 5.91 Å². The van der Waals surface area contributed by atoms with Crippen LogP contribution in [0.4, 0.5) is 5.69 Å². The zero-order valence-corrected chi connectivity index (χ0v) is 21.7. The first-order valence-corrected chi connectivity index (χ1v) is 12.5. The molecule has 7 heteroatoms. The van der Waals surface area contributed by atoms with E-state index < -0.39 is 0 Å². The molecule has 0 bridgehead atoms. The molecule has 3 aromatic rings. The molecule has 5 nitrogen and oxygen atoms in total. The van der Waals surface area contributed by atoms with E-state index in [1.165, 1.54) is 17.3 Å². The summed E-state index contributed by atoms with van der Waals surface area (Å²) in [6, 6.07) is 21.5. The molecule has 1 aliphatic heterocycles. The van der Waals surface area contributed by atoms with Crippen LogP contribution >= 0.6 is 27.7 Å². The lowest BCUT2D eigenvalue weighted by Crippen LogP contribution is -2.28.